The average molecular weight is 261 g/mol. The van der Waals surface area contributed by atoms with Gasteiger partial charge in [-0.25, -0.2) is 0 Å². The van der Waals surface area contributed by atoms with Crippen molar-refractivity contribution in [3.05, 3.63) is 23.5 Å². The molecule has 5 heteroatoms. The molecule has 0 radical (unpaired) electrons. The molecule has 1 aromatic rings. The summed E-state index contributed by atoms with van der Waals surface area (Å²) in [5.41, 5.74) is 0.894. The van der Waals surface area contributed by atoms with E-state index in [1.165, 1.54) is 0 Å². The van der Waals surface area contributed by atoms with E-state index in [0.29, 0.717) is 29.6 Å². The molecule has 1 aliphatic rings. The highest BCUT2D eigenvalue weighted by Crippen LogP contribution is 2.26. The lowest BCUT2D eigenvalue weighted by atomic mass is 9.93. The van der Waals surface area contributed by atoms with Gasteiger partial charge < -0.3 is 15.0 Å². The molecule has 2 N–H and O–H groups in total. The molecule has 1 fully saturated rings. The molecule has 5 nitrogen and oxygen atoms in total. The first kappa shape index (κ1) is 13.6. The number of aromatic nitrogens is 1. The molecule has 0 unspecified atom stereocenters. The zero-order chi connectivity index (χ0) is 13.8. The van der Waals surface area contributed by atoms with Crippen LogP contribution in [0.3, 0.4) is 0 Å². The van der Waals surface area contributed by atoms with Crippen molar-refractivity contribution >= 4 is 5.91 Å². The molecule has 0 aromatic carbocycles. The summed E-state index contributed by atoms with van der Waals surface area (Å²) in [4.78, 5) is 14.7. The van der Waals surface area contributed by atoms with Gasteiger partial charge in [0.2, 0.25) is 0 Å². The minimum absolute atomic E-state index is 0.146. The van der Waals surface area contributed by atoms with Crippen LogP contribution in [0, 0.1) is 23.2 Å². The van der Waals surface area contributed by atoms with E-state index in [4.69, 9.17) is 10.00 Å². The van der Waals surface area contributed by atoms with Crippen LogP contribution in [0.15, 0.2) is 12.3 Å². The highest BCUT2D eigenvalue weighted by atomic mass is 16.5. The van der Waals surface area contributed by atoms with Gasteiger partial charge >= 0.3 is 0 Å². The second-order valence-electron chi connectivity index (χ2n) is 5.25. The first-order chi connectivity index (χ1) is 9.11. The van der Waals surface area contributed by atoms with Crippen molar-refractivity contribution in [3.63, 3.8) is 0 Å². The number of hydrogen-bond acceptors (Lipinski definition) is 3. The number of carbonyl (C=O) groups is 1. The molecule has 0 aliphatic carbocycles. The Morgan fingerprint density at radius 1 is 1.68 bits per heavy atom. The minimum Gasteiger partial charge on any atom is -0.378 e. The fourth-order valence-electron chi connectivity index (χ4n) is 2.53. The van der Waals surface area contributed by atoms with Gasteiger partial charge in [-0.1, -0.05) is 13.8 Å². The number of H-pyrrole nitrogens is 1. The molecule has 0 bridgehead atoms. The molecule has 19 heavy (non-hydrogen) atoms. The van der Waals surface area contributed by atoms with Gasteiger partial charge in [0.15, 0.2) is 0 Å². The average Bonchev–Trinajstić information content (AvgIpc) is 3.04. The molecule has 2 heterocycles. The Morgan fingerprint density at radius 2 is 2.47 bits per heavy atom. The summed E-state index contributed by atoms with van der Waals surface area (Å²) < 4.78 is 5.69. The van der Waals surface area contributed by atoms with Crippen LogP contribution >= 0.6 is 0 Å². The summed E-state index contributed by atoms with van der Waals surface area (Å²) in [7, 11) is 0. The first-order valence-electron chi connectivity index (χ1n) is 6.60. The second-order valence-corrected chi connectivity index (χ2v) is 5.25. The smallest absolute Gasteiger partial charge is 0.252 e. The maximum atomic E-state index is 11.9. The third kappa shape index (κ3) is 3.15. The van der Waals surface area contributed by atoms with Crippen LogP contribution < -0.4 is 5.32 Å². The number of carbonyl (C=O) groups excluding carboxylic acids is 1. The van der Waals surface area contributed by atoms with Crippen LogP contribution in [-0.2, 0) is 4.74 Å². The van der Waals surface area contributed by atoms with Gasteiger partial charge in [0.05, 0.1) is 11.7 Å². The third-order valence-corrected chi connectivity index (χ3v) is 3.51. The molecule has 0 spiro atoms. The number of amides is 1. The van der Waals surface area contributed by atoms with E-state index in [9.17, 15) is 4.79 Å². The zero-order valence-electron chi connectivity index (χ0n) is 11.3. The van der Waals surface area contributed by atoms with Gasteiger partial charge in [-0.3, -0.25) is 4.79 Å². The van der Waals surface area contributed by atoms with Gasteiger partial charge in [0.1, 0.15) is 11.8 Å². The standard InChI is InChI=1S/C14H19N3O2/c1-9(2)13-10(3-4-19-13)7-17-14(18)11-5-12(6-15)16-8-11/h5,8-10,13,16H,3-4,7H2,1-2H3,(H,17,18)/t10-,13-/m1/s1. The minimum atomic E-state index is -0.146. The highest BCUT2D eigenvalue weighted by molar-refractivity contribution is 5.94. The molecule has 1 amide bonds. The van der Waals surface area contributed by atoms with E-state index in [-0.39, 0.29) is 12.0 Å². The van der Waals surface area contributed by atoms with Crippen LogP contribution in [0.4, 0.5) is 0 Å². The highest BCUT2D eigenvalue weighted by Gasteiger charge is 2.30. The van der Waals surface area contributed by atoms with Gasteiger partial charge in [-0.15, -0.1) is 0 Å². The monoisotopic (exact) mass is 261 g/mol. The molecular weight excluding hydrogens is 242 g/mol. The van der Waals surface area contributed by atoms with Crippen LogP contribution in [0.1, 0.15) is 36.3 Å². The summed E-state index contributed by atoms with van der Waals surface area (Å²) in [6.07, 6.45) is 2.76. The Balaban J connectivity index is 1.88. The maximum absolute atomic E-state index is 11.9. The predicted molar refractivity (Wildman–Crippen MR) is 70.5 cm³/mol. The zero-order valence-corrected chi connectivity index (χ0v) is 11.3. The number of ether oxygens (including phenoxy) is 1. The third-order valence-electron chi connectivity index (χ3n) is 3.51. The largest absolute Gasteiger partial charge is 0.378 e. The summed E-state index contributed by atoms with van der Waals surface area (Å²) in [5.74, 6) is 0.687. The molecule has 0 saturated carbocycles. The number of aromatic amines is 1. The van der Waals surface area contributed by atoms with Crippen molar-refractivity contribution in [2.45, 2.75) is 26.4 Å². The van der Waals surface area contributed by atoms with E-state index in [0.717, 1.165) is 13.0 Å². The van der Waals surface area contributed by atoms with Gasteiger partial charge in [0.25, 0.3) is 5.91 Å². The van der Waals surface area contributed by atoms with Crippen LogP contribution in [0.5, 0.6) is 0 Å². The van der Waals surface area contributed by atoms with Crippen LogP contribution in [0.25, 0.3) is 0 Å². The second kappa shape index (κ2) is 5.89. The number of hydrogen-bond donors (Lipinski definition) is 2. The Hall–Kier alpha value is -1.80. The number of nitrogens with one attached hydrogen (secondary N) is 2. The molecule has 1 aliphatic heterocycles. The van der Waals surface area contributed by atoms with Gasteiger partial charge in [-0.05, 0) is 18.4 Å². The van der Waals surface area contributed by atoms with E-state index in [2.05, 4.69) is 24.1 Å². The SMILES string of the molecule is CC(C)[C@H]1OCC[C@@H]1CNC(=O)c1c[nH]c(C#N)c1. The lowest BCUT2D eigenvalue weighted by molar-refractivity contribution is 0.0533. The van der Waals surface area contributed by atoms with Crippen LogP contribution in [-0.4, -0.2) is 30.1 Å². The summed E-state index contributed by atoms with van der Waals surface area (Å²) in [5, 5.41) is 11.6. The van der Waals surface area contributed by atoms with Crippen molar-refractivity contribution in [2.24, 2.45) is 11.8 Å². The molecule has 2 atom stereocenters. The van der Waals surface area contributed by atoms with Crippen molar-refractivity contribution in [3.8, 4) is 6.07 Å². The van der Waals surface area contributed by atoms with Crippen molar-refractivity contribution in [2.75, 3.05) is 13.2 Å². The first-order valence-corrected chi connectivity index (χ1v) is 6.60. The van der Waals surface area contributed by atoms with Gasteiger partial charge in [0, 0.05) is 25.3 Å². The fraction of sp³-hybridized carbons (Fsp3) is 0.571. The van der Waals surface area contributed by atoms with Gasteiger partial charge in [-0.2, -0.15) is 5.26 Å². The summed E-state index contributed by atoms with van der Waals surface area (Å²) in [6, 6.07) is 3.52. The van der Waals surface area contributed by atoms with Crippen molar-refractivity contribution in [1.29, 1.82) is 5.26 Å². The molecule has 1 saturated heterocycles. The summed E-state index contributed by atoms with van der Waals surface area (Å²) >= 11 is 0. The van der Waals surface area contributed by atoms with Crippen molar-refractivity contribution < 1.29 is 9.53 Å². The Kier molecular flexibility index (Phi) is 4.23. The predicted octanol–water partition coefficient (Wildman–Crippen LogP) is 1.68. The number of nitrogens with zero attached hydrogens (tertiary/aromatic N) is 1. The Bertz CT molecular complexity index is 487. The van der Waals surface area contributed by atoms with E-state index >= 15 is 0 Å². The topological polar surface area (TPSA) is 77.9 Å². The Morgan fingerprint density at radius 3 is 3.11 bits per heavy atom. The number of rotatable bonds is 4. The normalized spacial score (nSPS) is 22.4. The summed E-state index contributed by atoms with van der Waals surface area (Å²) in [6.45, 7) is 5.66. The Labute approximate surface area is 113 Å². The van der Waals surface area contributed by atoms with Crippen LogP contribution in [0.2, 0.25) is 0 Å². The molecular formula is C14H19N3O2. The molecule has 1 aromatic heterocycles. The lowest BCUT2D eigenvalue weighted by Gasteiger charge is -2.22. The molecule has 2 rings (SSSR count). The fourth-order valence-corrected chi connectivity index (χ4v) is 2.53. The lowest BCUT2D eigenvalue weighted by Crippen LogP contribution is -2.34. The van der Waals surface area contributed by atoms with Crippen molar-refractivity contribution in [1.82, 2.24) is 10.3 Å². The van der Waals surface area contributed by atoms with E-state index < -0.39 is 0 Å². The molecule has 102 valence electrons. The van der Waals surface area contributed by atoms with E-state index in [1.807, 2.05) is 6.07 Å². The van der Waals surface area contributed by atoms with E-state index in [1.54, 1.807) is 12.3 Å². The number of nitriles is 1. The maximum Gasteiger partial charge on any atom is 0.252 e. The quantitative estimate of drug-likeness (QED) is 0.865.